The van der Waals surface area contributed by atoms with Gasteiger partial charge in [-0.2, -0.15) is 4.98 Å². The molecule has 1 atom stereocenters. The van der Waals surface area contributed by atoms with Crippen LogP contribution in [0.15, 0.2) is 22.7 Å². The van der Waals surface area contributed by atoms with Crippen molar-refractivity contribution >= 4 is 5.69 Å². The minimum Gasteiger partial charge on any atom is -0.398 e. The van der Waals surface area contributed by atoms with E-state index in [1.165, 1.54) is 18.2 Å². The summed E-state index contributed by atoms with van der Waals surface area (Å²) in [4.78, 5) is 4.30. The van der Waals surface area contributed by atoms with Gasteiger partial charge in [-0.15, -0.1) is 0 Å². The normalized spacial score (nSPS) is 16.5. The summed E-state index contributed by atoms with van der Waals surface area (Å²) in [6.07, 6.45) is 2.08. The highest BCUT2D eigenvalue weighted by molar-refractivity contribution is 5.70. The lowest BCUT2D eigenvalue weighted by molar-refractivity contribution is 0.0751. The number of rotatable bonds is 4. The zero-order valence-electron chi connectivity index (χ0n) is 10.5. The molecule has 0 radical (unpaired) electrons. The van der Waals surface area contributed by atoms with E-state index in [0.717, 1.165) is 12.8 Å². The topological polar surface area (TPSA) is 74.2 Å². The SMILES string of the molecule is COC(c1noc(-c2ccc(F)cc2N)n1)C1CC1. The molecular weight excluding hydrogens is 249 g/mol. The summed E-state index contributed by atoms with van der Waals surface area (Å²) in [5, 5.41) is 3.93. The van der Waals surface area contributed by atoms with E-state index in [9.17, 15) is 4.39 Å². The van der Waals surface area contributed by atoms with Crippen molar-refractivity contribution in [2.75, 3.05) is 12.8 Å². The minimum absolute atomic E-state index is 0.140. The molecule has 0 amide bonds. The quantitative estimate of drug-likeness (QED) is 0.858. The van der Waals surface area contributed by atoms with Gasteiger partial charge in [0.25, 0.3) is 5.89 Å². The van der Waals surface area contributed by atoms with E-state index in [2.05, 4.69) is 10.1 Å². The predicted octanol–water partition coefficient (Wildman–Crippen LogP) is 2.56. The summed E-state index contributed by atoms with van der Waals surface area (Å²) in [5.41, 5.74) is 6.55. The van der Waals surface area contributed by atoms with Crippen molar-refractivity contribution in [1.29, 1.82) is 0 Å². The van der Waals surface area contributed by atoms with Gasteiger partial charge >= 0.3 is 0 Å². The summed E-state index contributed by atoms with van der Waals surface area (Å²) >= 11 is 0. The van der Waals surface area contributed by atoms with Gasteiger partial charge in [-0.3, -0.25) is 0 Å². The van der Waals surface area contributed by atoms with Gasteiger partial charge in [0.1, 0.15) is 11.9 Å². The Bertz CT molecular complexity index is 595. The van der Waals surface area contributed by atoms with Crippen LogP contribution in [0.25, 0.3) is 11.5 Å². The van der Waals surface area contributed by atoms with Crippen molar-refractivity contribution in [2.24, 2.45) is 5.92 Å². The predicted molar refractivity (Wildman–Crippen MR) is 66.6 cm³/mol. The second kappa shape index (κ2) is 4.62. The average Bonchev–Trinajstić information content (AvgIpc) is 3.09. The number of nitrogens with two attached hydrogens (primary N) is 1. The summed E-state index contributed by atoms with van der Waals surface area (Å²) in [5.74, 6) is 0.869. The van der Waals surface area contributed by atoms with Gasteiger partial charge in [0.05, 0.1) is 5.56 Å². The maximum atomic E-state index is 13.0. The summed E-state index contributed by atoms with van der Waals surface area (Å²) in [6.45, 7) is 0. The number of anilines is 1. The van der Waals surface area contributed by atoms with Gasteiger partial charge in [0.15, 0.2) is 0 Å². The van der Waals surface area contributed by atoms with Crippen molar-refractivity contribution in [3.05, 3.63) is 29.8 Å². The number of aromatic nitrogens is 2. The van der Waals surface area contributed by atoms with Crippen LogP contribution in [0.5, 0.6) is 0 Å². The van der Waals surface area contributed by atoms with Gasteiger partial charge in [0, 0.05) is 12.8 Å². The number of hydrogen-bond donors (Lipinski definition) is 1. The zero-order valence-corrected chi connectivity index (χ0v) is 10.5. The molecule has 1 aromatic carbocycles. The maximum Gasteiger partial charge on any atom is 0.260 e. The third-order valence-corrected chi connectivity index (χ3v) is 3.24. The van der Waals surface area contributed by atoms with Crippen molar-refractivity contribution in [1.82, 2.24) is 10.1 Å². The second-order valence-corrected chi connectivity index (χ2v) is 4.68. The fourth-order valence-electron chi connectivity index (χ4n) is 2.10. The van der Waals surface area contributed by atoms with Gasteiger partial charge in [-0.1, -0.05) is 5.16 Å². The summed E-state index contributed by atoms with van der Waals surface area (Å²) in [6, 6.07) is 4.07. The molecule has 19 heavy (non-hydrogen) atoms. The molecule has 6 heteroatoms. The Morgan fingerprint density at radius 2 is 2.26 bits per heavy atom. The van der Waals surface area contributed by atoms with Crippen LogP contribution < -0.4 is 5.73 Å². The number of halogens is 1. The van der Waals surface area contributed by atoms with E-state index in [1.54, 1.807) is 7.11 Å². The van der Waals surface area contributed by atoms with E-state index in [1.807, 2.05) is 0 Å². The van der Waals surface area contributed by atoms with Crippen LogP contribution in [0.3, 0.4) is 0 Å². The number of nitrogens with zero attached hydrogens (tertiary/aromatic N) is 2. The van der Waals surface area contributed by atoms with Crippen molar-refractivity contribution < 1.29 is 13.7 Å². The van der Waals surface area contributed by atoms with Gasteiger partial charge in [-0.05, 0) is 37.0 Å². The summed E-state index contributed by atoms with van der Waals surface area (Å²) < 4.78 is 23.6. The lowest BCUT2D eigenvalue weighted by Gasteiger charge is -2.08. The third-order valence-electron chi connectivity index (χ3n) is 3.24. The average molecular weight is 263 g/mol. The Hall–Kier alpha value is -1.95. The van der Waals surface area contributed by atoms with Crippen LogP contribution in [0.2, 0.25) is 0 Å². The lowest BCUT2D eigenvalue weighted by Crippen LogP contribution is -2.05. The Kier molecular flexibility index (Phi) is 2.94. The number of ether oxygens (including phenoxy) is 1. The molecule has 0 bridgehead atoms. The minimum atomic E-state index is -0.395. The monoisotopic (exact) mass is 263 g/mol. The number of methoxy groups -OCH3 is 1. The van der Waals surface area contributed by atoms with Gasteiger partial charge in [0.2, 0.25) is 5.82 Å². The van der Waals surface area contributed by atoms with Crippen molar-refractivity contribution in [3.63, 3.8) is 0 Å². The van der Waals surface area contributed by atoms with Crippen LogP contribution in [0.1, 0.15) is 24.8 Å². The molecule has 0 saturated heterocycles. The number of hydrogen-bond acceptors (Lipinski definition) is 5. The Morgan fingerprint density at radius 1 is 1.47 bits per heavy atom. The van der Waals surface area contributed by atoms with Crippen LogP contribution in [0.4, 0.5) is 10.1 Å². The molecule has 1 aromatic heterocycles. The fraction of sp³-hybridized carbons (Fsp3) is 0.385. The van der Waals surface area contributed by atoms with Crippen LogP contribution in [-0.4, -0.2) is 17.3 Å². The highest BCUT2D eigenvalue weighted by atomic mass is 19.1. The molecule has 1 saturated carbocycles. The molecular formula is C13H14FN3O2. The number of benzene rings is 1. The molecule has 1 fully saturated rings. The molecule has 1 heterocycles. The molecule has 0 spiro atoms. The highest BCUT2D eigenvalue weighted by Gasteiger charge is 2.35. The summed E-state index contributed by atoms with van der Waals surface area (Å²) in [7, 11) is 1.63. The number of nitrogen functional groups attached to an aromatic ring is 1. The van der Waals surface area contributed by atoms with Gasteiger partial charge < -0.3 is 15.0 Å². The first kappa shape index (κ1) is 12.1. The van der Waals surface area contributed by atoms with E-state index in [-0.39, 0.29) is 17.7 Å². The van der Waals surface area contributed by atoms with Crippen molar-refractivity contribution in [2.45, 2.75) is 18.9 Å². The third kappa shape index (κ3) is 2.31. The van der Waals surface area contributed by atoms with E-state index < -0.39 is 5.82 Å². The second-order valence-electron chi connectivity index (χ2n) is 4.68. The molecule has 5 nitrogen and oxygen atoms in total. The molecule has 100 valence electrons. The van der Waals surface area contributed by atoms with Crippen molar-refractivity contribution in [3.8, 4) is 11.5 Å². The Balaban J connectivity index is 1.91. The molecule has 1 aliphatic rings. The Morgan fingerprint density at radius 3 is 2.89 bits per heavy atom. The van der Waals surface area contributed by atoms with E-state index in [0.29, 0.717) is 17.3 Å². The van der Waals surface area contributed by atoms with E-state index >= 15 is 0 Å². The molecule has 1 aliphatic carbocycles. The van der Waals surface area contributed by atoms with Crippen LogP contribution >= 0.6 is 0 Å². The molecule has 1 unspecified atom stereocenters. The first-order chi connectivity index (χ1) is 9.19. The zero-order chi connectivity index (χ0) is 13.4. The Labute approximate surface area is 109 Å². The first-order valence-electron chi connectivity index (χ1n) is 6.11. The molecule has 3 rings (SSSR count). The van der Waals surface area contributed by atoms with Crippen LogP contribution in [-0.2, 0) is 4.74 Å². The molecule has 0 aliphatic heterocycles. The maximum absolute atomic E-state index is 13.0. The molecule has 2 N–H and O–H groups in total. The fourth-order valence-corrected chi connectivity index (χ4v) is 2.10. The largest absolute Gasteiger partial charge is 0.398 e. The standard InChI is InChI=1S/C13H14FN3O2/c1-18-11(7-2-3-7)12-16-13(19-17-12)9-5-4-8(14)6-10(9)15/h4-7,11H,2-3,15H2,1H3. The first-order valence-corrected chi connectivity index (χ1v) is 6.11. The van der Waals surface area contributed by atoms with Gasteiger partial charge in [-0.25, -0.2) is 4.39 Å². The smallest absolute Gasteiger partial charge is 0.260 e. The molecule has 2 aromatic rings. The van der Waals surface area contributed by atoms with E-state index in [4.69, 9.17) is 15.0 Å². The lowest BCUT2D eigenvalue weighted by atomic mass is 10.1. The van der Waals surface area contributed by atoms with Crippen LogP contribution in [0, 0.1) is 11.7 Å². The highest BCUT2D eigenvalue weighted by Crippen LogP contribution is 2.42.